The van der Waals surface area contributed by atoms with E-state index >= 15 is 0 Å². The van der Waals surface area contributed by atoms with Crippen molar-refractivity contribution in [3.63, 3.8) is 0 Å². The van der Waals surface area contributed by atoms with E-state index in [0.717, 1.165) is 11.8 Å². The summed E-state index contributed by atoms with van der Waals surface area (Å²) >= 11 is 0. The molecule has 2 heterocycles. The van der Waals surface area contributed by atoms with Gasteiger partial charge in [0.2, 0.25) is 0 Å². The Bertz CT molecular complexity index is 827. The number of halogens is 2. The maximum Gasteiger partial charge on any atom is 0.173 e. The lowest BCUT2D eigenvalue weighted by atomic mass is 10.1. The molecule has 0 amide bonds. The van der Waals surface area contributed by atoms with Crippen LogP contribution in [0.25, 0.3) is 11.4 Å². The van der Waals surface area contributed by atoms with E-state index in [1.807, 2.05) is 6.92 Å². The first kappa shape index (κ1) is 15.1. The maximum absolute atomic E-state index is 14.2. The van der Waals surface area contributed by atoms with Crippen molar-refractivity contribution in [3.8, 4) is 17.1 Å². The Balaban J connectivity index is 1.93. The van der Waals surface area contributed by atoms with Gasteiger partial charge in [0.25, 0.3) is 0 Å². The third kappa shape index (κ3) is 2.92. The van der Waals surface area contributed by atoms with Crippen LogP contribution in [0.15, 0.2) is 30.7 Å². The molecule has 0 bridgehead atoms. The molecule has 2 aromatic heterocycles. The number of hydrogen-bond acceptors (Lipinski definition) is 4. The van der Waals surface area contributed by atoms with Crippen LogP contribution in [0.2, 0.25) is 0 Å². The minimum absolute atomic E-state index is 0.00673. The zero-order chi connectivity index (χ0) is 16.4. The Hall–Kier alpha value is -2.77. The molecule has 0 aliphatic rings. The van der Waals surface area contributed by atoms with Crippen molar-refractivity contribution < 1.29 is 13.5 Å². The smallest absolute Gasteiger partial charge is 0.173 e. The SMILES string of the molecule is COc1ccc(F)c(F)c1-c1nccn1CCn1cc(C)nn1. The van der Waals surface area contributed by atoms with Crippen molar-refractivity contribution in [3.05, 3.63) is 48.1 Å². The molecule has 0 saturated heterocycles. The highest BCUT2D eigenvalue weighted by molar-refractivity contribution is 5.65. The highest BCUT2D eigenvalue weighted by Gasteiger charge is 2.20. The van der Waals surface area contributed by atoms with E-state index in [0.29, 0.717) is 18.9 Å². The van der Waals surface area contributed by atoms with Gasteiger partial charge in [-0.3, -0.25) is 4.68 Å². The van der Waals surface area contributed by atoms with Gasteiger partial charge in [-0.05, 0) is 19.1 Å². The molecule has 120 valence electrons. The van der Waals surface area contributed by atoms with Crippen LogP contribution in [0.5, 0.6) is 5.75 Å². The summed E-state index contributed by atoms with van der Waals surface area (Å²) < 4.78 is 36.3. The molecule has 0 spiro atoms. The molecule has 23 heavy (non-hydrogen) atoms. The predicted molar refractivity (Wildman–Crippen MR) is 78.9 cm³/mol. The van der Waals surface area contributed by atoms with Crippen molar-refractivity contribution in [2.45, 2.75) is 20.0 Å². The second-order valence-corrected chi connectivity index (χ2v) is 5.01. The second-order valence-electron chi connectivity index (χ2n) is 5.01. The van der Waals surface area contributed by atoms with Gasteiger partial charge in [0.15, 0.2) is 11.6 Å². The largest absolute Gasteiger partial charge is 0.496 e. The summed E-state index contributed by atoms with van der Waals surface area (Å²) in [6, 6.07) is 2.41. The van der Waals surface area contributed by atoms with Crippen LogP contribution < -0.4 is 4.74 Å². The van der Waals surface area contributed by atoms with E-state index in [9.17, 15) is 8.78 Å². The Morgan fingerprint density at radius 1 is 1.22 bits per heavy atom. The molecule has 3 aromatic rings. The molecule has 0 fully saturated rings. The zero-order valence-electron chi connectivity index (χ0n) is 12.7. The van der Waals surface area contributed by atoms with E-state index in [4.69, 9.17) is 4.74 Å². The second kappa shape index (κ2) is 6.15. The van der Waals surface area contributed by atoms with Gasteiger partial charge in [-0.2, -0.15) is 0 Å². The van der Waals surface area contributed by atoms with Gasteiger partial charge in [0.1, 0.15) is 11.6 Å². The molecule has 6 nitrogen and oxygen atoms in total. The van der Waals surface area contributed by atoms with E-state index < -0.39 is 11.6 Å². The standard InChI is InChI=1S/C15H15F2N5O/c1-10-9-22(20-19-10)8-7-21-6-5-18-15(21)13-12(23-2)4-3-11(16)14(13)17/h3-6,9H,7-8H2,1-2H3. The number of nitrogens with zero attached hydrogens (tertiary/aromatic N) is 5. The fraction of sp³-hybridized carbons (Fsp3) is 0.267. The van der Waals surface area contributed by atoms with Crippen LogP contribution in [0.4, 0.5) is 8.78 Å². The van der Waals surface area contributed by atoms with Crippen molar-refractivity contribution in [2.24, 2.45) is 0 Å². The summed E-state index contributed by atoms with van der Waals surface area (Å²) in [6.07, 6.45) is 5.04. The van der Waals surface area contributed by atoms with Crippen molar-refractivity contribution in [1.29, 1.82) is 0 Å². The highest BCUT2D eigenvalue weighted by atomic mass is 19.2. The monoisotopic (exact) mass is 319 g/mol. The lowest BCUT2D eigenvalue weighted by Gasteiger charge is -2.12. The lowest BCUT2D eigenvalue weighted by Crippen LogP contribution is -2.09. The Morgan fingerprint density at radius 2 is 2.04 bits per heavy atom. The van der Waals surface area contributed by atoms with E-state index in [-0.39, 0.29) is 11.3 Å². The number of hydrogen-bond donors (Lipinski definition) is 0. The van der Waals surface area contributed by atoms with Crippen LogP contribution in [0.1, 0.15) is 5.69 Å². The number of aromatic nitrogens is 5. The number of methoxy groups -OCH3 is 1. The number of ether oxygens (including phenoxy) is 1. The summed E-state index contributed by atoms with van der Waals surface area (Å²) in [7, 11) is 1.40. The molecule has 0 atom stereocenters. The van der Waals surface area contributed by atoms with Crippen LogP contribution in [-0.2, 0) is 13.1 Å². The van der Waals surface area contributed by atoms with Crippen LogP contribution >= 0.6 is 0 Å². The summed E-state index contributed by atoms with van der Waals surface area (Å²) in [5.74, 6) is -1.39. The summed E-state index contributed by atoms with van der Waals surface area (Å²) in [6.45, 7) is 2.86. The average Bonchev–Trinajstić information content (AvgIpc) is 3.16. The van der Waals surface area contributed by atoms with Gasteiger partial charge in [0, 0.05) is 25.1 Å². The molecule has 0 unspecified atom stereocenters. The van der Waals surface area contributed by atoms with Crippen LogP contribution in [0.3, 0.4) is 0 Å². The molecule has 0 saturated carbocycles. The Kier molecular flexibility index (Phi) is 4.05. The normalized spacial score (nSPS) is 11.0. The molecule has 0 aliphatic carbocycles. The van der Waals surface area contributed by atoms with E-state index in [1.165, 1.54) is 19.4 Å². The third-order valence-corrected chi connectivity index (χ3v) is 3.44. The molecule has 3 rings (SSSR count). The van der Waals surface area contributed by atoms with Gasteiger partial charge >= 0.3 is 0 Å². The molecule has 8 heteroatoms. The first-order valence-electron chi connectivity index (χ1n) is 7.00. The van der Waals surface area contributed by atoms with Gasteiger partial charge in [-0.1, -0.05) is 5.21 Å². The van der Waals surface area contributed by atoms with Gasteiger partial charge in [-0.15, -0.1) is 5.10 Å². The van der Waals surface area contributed by atoms with E-state index in [2.05, 4.69) is 15.3 Å². The molecule has 0 radical (unpaired) electrons. The summed E-state index contributed by atoms with van der Waals surface area (Å²) in [4.78, 5) is 4.15. The van der Waals surface area contributed by atoms with Gasteiger partial charge in [0.05, 0.1) is 24.9 Å². The fourth-order valence-electron chi connectivity index (χ4n) is 2.34. The number of imidazole rings is 1. The summed E-state index contributed by atoms with van der Waals surface area (Å²) in [5, 5.41) is 7.87. The fourth-order valence-corrected chi connectivity index (χ4v) is 2.34. The maximum atomic E-state index is 14.2. The number of aryl methyl sites for hydroxylation is 3. The molecule has 0 aliphatic heterocycles. The van der Waals surface area contributed by atoms with Gasteiger partial charge < -0.3 is 9.30 Å². The molecule has 0 N–H and O–H groups in total. The van der Waals surface area contributed by atoms with Gasteiger partial charge in [-0.25, -0.2) is 13.8 Å². The minimum Gasteiger partial charge on any atom is -0.496 e. The Morgan fingerprint density at radius 3 is 2.74 bits per heavy atom. The lowest BCUT2D eigenvalue weighted by molar-refractivity contribution is 0.407. The summed E-state index contributed by atoms with van der Waals surface area (Å²) in [5.41, 5.74) is 0.820. The van der Waals surface area contributed by atoms with Crippen molar-refractivity contribution in [2.75, 3.05) is 7.11 Å². The van der Waals surface area contributed by atoms with Crippen molar-refractivity contribution >= 4 is 0 Å². The first-order chi connectivity index (χ1) is 11.1. The molecular weight excluding hydrogens is 304 g/mol. The third-order valence-electron chi connectivity index (χ3n) is 3.44. The zero-order valence-corrected chi connectivity index (χ0v) is 12.7. The van der Waals surface area contributed by atoms with Crippen LogP contribution in [-0.4, -0.2) is 31.7 Å². The first-order valence-corrected chi connectivity index (χ1v) is 7.00. The molecule has 1 aromatic carbocycles. The number of rotatable bonds is 5. The van der Waals surface area contributed by atoms with Crippen LogP contribution in [0, 0.1) is 18.6 Å². The van der Waals surface area contributed by atoms with Crippen molar-refractivity contribution in [1.82, 2.24) is 24.5 Å². The quantitative estimate of drug-likeness (QED) is 0.725. The topological polar surface area (TPSA) is 57.8 Å². The average molecular weight is 319 g/mol. The highest BCUT2D eigenvalue weighted by Crippen LogP contribution is 2.32. The number of benzene rings is 1. The Labute approximate surface area is 131 Å². The molecular formula is C15H15F2N5O. The predicted octanol–water partition coefficient (Wildman–Crippen LogP) is 2.44. The minimum atomic E-state index is -0.978. The van der Waals surface area contributed by atoms with E-state index in [1.54, 1.807) is 21.6 Å².